The minimum Gasteiger partial charge on any atom is -0.693 e. The van der Waals surface area contributed by atoms with Crippen molar-refractivity contribution in [2.45, 2.75) is 69.2 Å². The van der Waals surface area contributed by atoms with Crippen LogP contribution in [0.1, 0.15) is 56.9 Å². The van der Waals surface area contributed by atoms with E-state index in [0.29, 0.717) is 0 Å². The van der Waals surface area contributed by atoms with Gasteiger partial charge in [-0.15, -0.1) is 0 Å². The normalized spacial score (nSPS) is 21.9. The van der Waals surface area contributed by atoms with Crippen LogP contribution < -0.4 is 0 Å². The molecule has 0 N–H and O–H groups in total. The number of sulfonamides is 1. The van der Waals surface area contributed by atoms with E-state index in [1.54, 1.807) is 12.1 Å². The summed E-state index contributed by atoms with van der Waals surface area (Å²) < 4.78 is 28.1. The summed E-state index contributed by atoms with van der Waals surface area (Å²) in [5.41, 5.74) is 2.04. The number of nitrogens with zero attached hydrogens (tertiary/aromatic N) is 1. The fourth-order valence-corrected chi connectivity index (χ4v) is 5.27. The van der Waals surface area contributed by atoms with Crippen LogP contribution in [0.4, 0.5) is 0 Å². The van der Waals surface area contributed by atoms with E-state index in [2.05, 4.69) is 24.0 Å². The van der Waals surface area contributed by atoms with Gasteiger partial charge in [-0.1, -0.05) is 36.6 Å². The van der Waals surface area contributed by atoms with Crippen molar-refractivity contribution < 1.29 is 30.8 Å². The van der Waals surface area contributed by atoms with Crippen LogP contribution in [0.2, 0.25) is 0 Å². The van der Waals surface area contributed by atoms with Gasteiger partial charge < -0.3 is 12.3 Å². The molecule has 152 valence electrons. The number of benzene rings is 1. The van der Waals surface area contributed by atoms with Crippen molar-refractivity contribution in [3.63, 3.8) is 0 Å². The number of hydrogen-bond acceptors (Lipinski definition) is 2. The first-order valence-corrected chi connectivity index (χ1v) is 11.2. The van der Waals surface area contributed by atoms with Gasteiger partial charge in [-0.3, -0.25) is 0 Å². The summed E-state index contributed by atoms with van der Waals surface area (Å²) >= 11 is 0. The molecular weight excluding hydrogens is 551 g/mol. The molecule has 1 fully saturated rings. The molecule has 2 atom stereocenters. The number of rotatable bonds is 3. The van der Waals surface area contributed by atoms with Gasteiger partial charge in [0.05, 0.1) is 10.9 Å². The average molecular weight is 578 g/mol. The fraction of sp³-hybridized carbons (Fsp3) is 0.478. The third kappa shape index (κ3) is 5.34. The molecule has 1 aromatic carbocycles. The summed E-state index contributed by atoms with van der Waals surface area (Å²) in [7, 11) is -3.75. The van der Waals surface area contributed by atoms with Gasteiger partial charge in [0.1, 0.15) is 0 Å². The molecule has 1 saturated carbocycles. The maximum absolute atomic E-state index is 13.4. The van der Waals surface area contributed by atoms with Gasteiger partial charge in [-0.2, -0.15) is 0 Å². The number of aryl methyl sites for hydroxylation is 1. The van der Waals surface area contributed by atoms with Crippen LogP contribution in [0.15, 0.2) is 40.8 Å². The summed E-state index contributed by atoms with van der Waals surface area (Å²) in [5, 5.41) is 0. The maximum Gasteiger partial charge on any atom is 1.00 e. The van der Waals surface area contributed by atoms with Crippen LogP contribution in [-0.4, -0.2) is 18.8 Å². The van der Waals surface area contributed by atoms with Crippen molar-refractivity contribution in [2.75, 3.05) is 0 Å². The third-order valence-electron chi connectivity index (χ3n) is 5.41. The quantitative estimate of drug-likeness (QED) is 0.228. The summed E-state index contributed by atoms with van der Waals surface area (Å²) in [6.45, 7) is 1.94. The first-order chi connectivity index (χ1) is 13.0. The predicted octanol–water partition coefficient (Wildman–Crippen LogP) is 4.59. The Kier molecular flexibility index (Phi) is 8.47. The third-order valence-corrected chi connectivity index (χ3v) is 7.16. The van der Waals surface area contributed by atoms with E-state index in [9.17, 15) is 8.42 Å². The van der Waals surface area contributed by atoms with Crippen molar-refractivity contribution >= 4 is 10.0 Å². The summed E-state index contributed by atoms with van der Waals surface area (Å²) in [4.78, 5) is 0.259. The molecule has 0 aromatic heterocycles. The zero-order valence-corrected chi connectivity index (χ0v) is 19.2. The van der Waals surface area contributed by atoms with Gasteiger partial charge in [-0.25, -0.2) is 12.7 Å². The van der Waals surface area contributed by atoms with Crippen LogP contribution in [0.5, 0.6) is 0 Å². The topological polar surface area (TPSA) is 37.4 Å². The van der Waals surface area contributed by atoms with E-state index < -0.39 is 10.0 Å². The molecule has 0 radical (unpaired) electrons. The van der Waals surface area contributed by atoms with Crippen molar-refractivity contribution in [2.24, 2.45) is 5.92 Å². The summed E-state index contributed by atoms with van der Waals surface area (Å²) in [6.07, 6.45) is 17.4. The Bertz CT molecular complexity index is 901. The molecule has 2 aliphatic carbocycles. The fourth-order valence-electron chi connectivity index (χ4n) is 3.78. The van der Waals surface area contributed by atoms with Crippen LogP contribution in [0, 0.1) is 37.2 Å². The van der Waals surface area contributed by atoms with Gasteiger partial charge >= 0.3 is 22.4 Å². The van der Waals surface area contributed by atoms with Crippen molar-refractivity contribution in [3.05, 3.63) is 47.9 Å². The molecule has 0 amide bonds. The second kappa shape index (κ2) is 10.4. The SMILES string of the molecule is [Au+].[C-]#C[C@H]1CCCC[C@H]1N(C#CC1=CCCCC1)S(=O)(=O)c1ccc(C)cc1. The Morgan fingerprint density at radius 3 is 2.43 bits per heavy atom. The van der Waals surface area contributed by atoms with Gasteiger partial charge in [0.25, 0.3) is 10.0 Å². The Hall–Kier alpha value is -1.43. The first kappa shape index (κ1) is 22.9. The molecule has 1 aromatic rings. The number of allylic oxidation sites excluding steroid dienone is 2. The smallest absolute Gasteiger partial charge is 0.693 e. The van der Waals surface area contributed by atoms with E-state index >= 15 is 0 Å². The Balaban J connectivity index is 0.00000280. The molecule has 2 aliphatic rings. The Morgan fingerprint density at radius 1 is 1.07 bits per heavy atom. The van der Waals surface area contributed by atoms with Crippen molar-refractivity contribution in [1.82, 2.24) is 4.31 Å². The van der Waals surface area contributed by atoms with Gasteiger partial charge in [-0.05, 0) is 69.1 Å². The molecule has 0 saturated heterocycles. The van der Waals surface area contributed by atoms with E-state index in [1.165, 1.54) is 10.7 Å². The minimum absolute atomic E-state index is 0. The van der Waals surface area contributed by atoms with Crippen molar-refractivity contribution in [3.8, 4) is 17.9 Å². The van der Waals surface area contributed by atoms with Crippen LogP contribution >= 0.6 is 0 Å². The van der Waals surface area contributed by atoms with E-state index in [1.807, 2.05) is 19.1 Å². The summed E-state index contributed by atoms with van der Waals surface area (Å²) in [6, 6.07) is 9.57. The molecular formula is C23H26AuNO2S. The molecule has 0 bridgehead atoms. The van der Waals surface area contributed by atoms with Crippen LogP contribution in [0.3, 0.4) is 0 Å². The largest absolute Gasteiger partial charge is 1.00 e. The second-order valence-electron chi connectivity index (χ2n) is 7.43. The molecule has 28 heavy (non-hydrogen) atoms. The zero-order chi connectivity index (χ0) is 19.3. The van der Waals surface area contributed by atoms with Crippen molar-refractivity contribution in [1.29, 1.82) is 0 Å². The van der Waals surface area contributed by atoms with Crippen LogP contribution in [-0.2, 0) is 32.4 Å². The van der Waals surface area contributed by atoms with E-state index in [4.69, 9.17) is 6.42 Å². The predicted molar refractivity (Wildman–Crippen MR) is 107 cm³/mol. The first-order valence-electron chi connectivity index (χ1n) is 9.76. The summed E-state index contributed by atoms with van der Waals surface area (Å²) in [5.74, 6) is 5.49. The van der Waals surface area contributed by atoms with Crippen LogP contribution in [0.25, 0.3) is 0 Å². The minimum atomic E-state index is -3.75. The molecule has 3 nitrogen and oxygen atoms in total. The standard InChI is InChI=1S/C23H26NO2S.Au/c1-3-21-11-7-8-12-23(21)24(18-17-20-9-5-4-6-10-20)27(25,26)22-15-13-19(2)14-16-22;/h9,13-16,21,23H,4-8,10-12H2,2H3;/q-1;+1/t21-,23+;/m0./s1. The monoisotopic (exact) mass is 577 g/mol. The Morgan fingerprint density at radius 2 is 1.79 bits per heavy atom. The average Bonchev–Trinajstić information content (AvgIpc) is 2.69. The second-order valence-corrected chi connectivity index (χ2v) is 9.24. The van der Waals surface area contributed by atoms with Gasteiger partial charge in [0.15, 0.2) is 0 Å². The molecule has 0 aliphatic heterocycles. The zero-order valence-electron chi connectivity index (χ0n) is 16.2. The number of hydrogen-bond donors (Lipinski definition) is 0. The van der Waals surface area contributed by atoms with Gasteiger partial charge in [0.2, 0.25) is 0 Å². The van der Waals surface area contributed by atoms with E-state index in [0.717, 1.165) is 56.1 Å². The molecule has 0 spiro atoms. The Labute approximate surface area is 185 Å². The molecule has 5 heteroatoms. The molecule has 0 unspecified atom stereocenters. The van der Waals surface area contributed by atoms with Gasteiger partial charge in [0, 0.05) is 12.0 Å². The maximum atomic E-state index is 13.4. The molecule has 0 heterocycles. The molecule has 3 rings (SSSR count). The van der Waals surface area contributed by atoms with E-state index in [-0.39, 0.29) is 39.2 Å².